The van der Waals surface area contributed by atoms with Crippen LogP contribution in [0.1, 0.15) is 44.4 Å². The number of thioether (sulfide) groups is 1. The van der Waals surface area contributed by atoms with Crippen LogP contribution in [-0.4, -0.2) is 22.8 Å². The molecular formula is C16H26N2S. The zero-order valence-electron chi connectivity index (χ0n) is 12.6. The lowest BCUT2D eigenvalue weighted by Gasteiger charge is -2.21. The van der Waals surface area contributed by atoms with E-state index in [1.807, 2.05) is 11.8 Å². The summed E-state index contributed by atoms with van der Waals surface area (Å²) in [6, 6.07) is 5.06. The first-order chi connectivity index (χ1) is 9.10. The van der Waals surface area contributed by atoms with E-state index in [2.05, 4.69) is 50.1 Å². The number of nitrogens with zero attached hydrogens (tertiary/aromatic N) is 1. The topological polar surface area (TPSA) is 24.9 Å². The number of pyridine rings is 1. The average molecular weight is 278 g/mol. The Labute approximate surface area is 121 Å². The Morgan fingerprint density at radius 3 is 2.79 bits per heavy atom. The second-order valence-corrected chi connectivity index (χ2v) is 7.04. The van der Waals surface area contributed by atoms with Crippen molar-refractivity contribution in [2.75, 3.05) is 6.54 Å². The molecule has 1 aliphatic carbocycles. The van der Waals surface area contributed by atoms with Crippen LogP contribution < -0.4 is 5.32 Å². The molecule has 3 heteroatoms. The van der Waals surface area contributed by atoms with Gasteiger partial charge in [-0.05, 0) is 63.3 Å². The van der Waals surface area contributed by atoms with Crippen LogP contribution in [0.25, 0.3) is 0 Å². The van der Waals surface area contributed by atoms with Gasteiger partial charge in [0.05, 0.1) is 5.03 Å². The van der Waals surface area contributed by atoms with Crippen molar-refractivity contribution in [2.45, 2.75) is 63.3 Å². The Balaban J connectivity index is 1.96. The quantitative estimate of drug-likeness (QED) is 0.882. The van der Waals surface area contributed by atoms with Crippen LogP contribution in [0.2, 0.25) is 0 Å². The second kappa shape index (κ2) is 6.76. The van der Waals surface area contributed by atoms with Crippen molar-refractivity contribution >= 4 is 11.8 Å². The third-order valence-electron chi connectivity index (χ3n) is 3.99. The number of hydrogen-bond donors (Lipinski definition) is 1. The van der Waals surface area contributed by atoms with Gasteiger partial charge in [-0.1, -0.05) is 13.8 Å². The lowest BCUT2D eigenvalue weighted by molar-refractivity contribution is 0.431. The van der Waals surface area contributed by atoms with E-state index in [0.717, 1.165) is 18.2 Å². The van der Waals surface area contributed by atoms with Crippen LogP contribution in [0.15, 0.2) is 17.2 Å². The fourth-order valence-electron chi connectivity index (χ4n) is 2.93. The van der Waals surface area contributed by atoms with Gasteiger partial charge in [-0.25, -0.2) is 4.98 Å². The summed E-state index contributed by atoms with van der Waals surface area (Å²) in [5.41, 5.74) is 2.45. The van der Waals surface area contributed by atoms with E-state index < -0.39 is 0 Å². The predicted octanol–water partition coefficient (Wildman–Crippen LogP) is 3.96. The van der Waals surface area contributed by atoms with E-state index in [9.17, 15) is 0 Å². The standard InChI is InChI=1S/C16H26N2S/c1-5-8-17-14-6-7-15(13(14)4)19-16-10-11(2)9-12(3)18-16/h9-10,13-15,17H,5-8H2,1-4H3. The number of aromatic nitrogens is 1. The molecule has 19 heavy (non-hydrogen) atoms. The number of hydrogen-bond acceptors (Lipinski definition) is 3. The van der Waals surface area contributed by atoms with Crippen molar-refractivity contribution in [2.24, 2.45) is 5.92 Å². The third kappa shape index (κ3) is 3.96. The van der Waals surface area contributed by atoms with Gasteiger partial charge in [0, 0.05) is 17.0 Å². The molecule has 2 rings (SSSR count). The zero-order chi connectivity index (χ0) is 13.8. The average Bonchev–Trinajstić information content (AvgIpc) is 2.67. The maximum absolute atomic E-state index is 4.66. The smallest absolute Gasteiger partial charge is 0.0968 e. The molecule has 1 saturated carbocycles. The SMILES string of the molecule is CCCNC1CCC(Sc2cc(C)cc(C)n2)C1C. The van der Waals surface area contributed by atoms with E-state index in [0.29, 0.717) is 11.3 Å². The van der Waals surface area contributed by atoms with Gasteiger partial charge < -0.3 is 5.32 Å². The molecule has 1 heterocycles. The van der Waals surface area contributed by atoms with Crippen LogP contribution >= 0.6 is 11.8 Å². The maximum Gasteiger partial charge on any atom is 0.0968 e. The Bertz CT molecular complexity index is 399. The maximum atomic E-state index is 4.66. The highest BCUT2D eigenvalue weighted by Gasteiger charge is 2.33. The van der Waals surface area contributed by atoms with Crippen molar-refractivity contribution in [3.63, 3.8) is 0 Å². The van der Waals surface area contributed by atoms with Crippen LogP contribution in [-0.2, 0) is 0 Å². The molecule has 0 aromatic carbocycles. The Kier molecular flexibility index (Phi) is 5.28. The Hall–Kier alpha value is -0.540. The summed E-state index contributed by atoms with van der Waals surface area (Å²) in [5.74, 6) is 0.735. The number of rotatable bonds is 5. The molecule has 1 fully saturated rings. The molecule has 0 spiro atoms. The van der Waals surface area contributed by atoms with E-state index in [1.165, 1.54) is 29.9 Å². The fourth-order valence-corrected chi connectivity index (χ4v) is 4.35. The highest BCUT2D eigenvalue weighted by atomic mass is 32.2. The molecule has 106 valence electrons. The van der Waals surface area contributed by atoms with Gasteiger partial charge in [0.15, 0.2) is 0 Å². The molecule has 0 amide bonds. The van der Waals surface area contributed by atoms with Crippen molar-refractivity contribution < 1.29 is 0 Å². The van der Waals surface area contributed by atoms with Crippen molar-refractivity contribution in [3.8, 4) is 0 Å². The fraction of sp³-hybridized carbons (Fsp3) is 0.688. The van der Waals surface area contributed by atoms with E-state index in [-0.39, 0.29) is 0 Å². The molecular weight excluding hydrogens is 252 g/mol. The Morgan fingerprint density at radius 1 is 1.32 bits per heavy atom. The molecule has 1 N–H and O–H groups in total. The molecule has 1 aliphatic rings. The first-order valence-corrected chi connectivity index (χ1v) is 8.33. The predicted molar refractivity (Wildman–Crippen MR) is 83.8 cm³/mol. The van der Waals surface area contributed by atoms with Crippen LogP contribution in [0.3, 0.4) is 0 Å². The van der Waals surface area contributed by atoms with E-state index in [1.54, 1.807) is 0 Å². The second-order valence-electron chi connectivity index (χ2n) is 5.78. The largest absolute Gasteiger partial charge is 0.314 e. The molecule has 0 radical (unpaired) electrons. The molecule has 1 aromatic rings. The monoisotopic (exact) mass is 278 g/mol. The van der Waals surface area contributed by atoms with Gasteiger partial charge in [0.2, 0.25) is 0 Å². The highest BCUT2D eigenvalue weighted by Crippen LogP contribution is 2.38. The van der Waals surface area contributed by atoms with E-state index >= 15 is 0 Å². The number of aryl methyl sites for hydroxylation is 2. The summed E-state index contributed by atoms with van der Waals surface area (Å²) in [5, 5.41) is 5.60. The van der Waals surface area contributed by atoms with Crippen LogP contribution in [0.5, 0.6) is 0 Å². The Morgan fingerprint density at radius 2 is 2.11 bits per heavy atom. The summed E-state index contributed by atoms with van der Waals surface area (Å²) < 4.78 is 0. The molecule has 0 saturated heterocycles. The lowest BCUT2D eigenvalue weighted by atomic mass is 10.1. The third-order valence-corrected chi connectivity index (χ3v) is 5.40. The molecule has 3 unspecified atom stereocenters. The molecule has 3 atom stereocenters. The minimum Gasteiger partial charge on any atom is -0.314 e. The first-order valence-electron chi connectivity index (χ1n) is 7.45. The molecule has 0 aliphatic heterocycles. The summed E-state index contributed by atoms with van der Waals surface area (Å²) in [6.07, 6.45) is 3.84. The summed E-state index contributed by atoms with van der Waals surface area (Å²) in [7, 11) is 0. The minimum atomic E-state index is 0.698. The van der Waals surface area contributed by atoms with Crippen molar-refractivity contribution in [1.29, 1.82) is 0 Å². The normalized spacial score (nSPS) is 26.8. The van der Waals surface area contributed by atoms with Gasteiger partial charge in [-0.3, -0.25) is 0 Å². The van der Waals surface area contributed by atoms with E-state index in [4.69, 9.17) is 0 Å². The summed E-state index contributed by atoms with van der Waals surface area (Å²) in [4.78, 5) is 4.66. The van der Waals surface area contributed by atoms with Gasteiger partial charge in [0.1, 0.15) is 0 Å². The van der Waals surface area contributed by atoms with Gasteiger partial charge in [-0.2, -0.15) is 0 Å². The van der Waals surface area contributed by atoms with Crippen LogP contribution in [0.4, 0.5) is 0 Å². The lowest BCUT2D eigenvalue weighted by Crippen LogP contribution is -2.33. The first kappa shape index (κ1) is 14.9. The molecule has 0 bridgehead atoms. The summed E-state index contributed by atoms with van der Waals surface area (Å²) >= 11 is 1.97. The van der Waals surface area contributed by atoms with Gasteiger partial charge >= 0.3 is 0 Å². The molecule has 2 nitrogen and oxygen atoms in total. The van der Waals surface area contributed by atoms with Crippen molar-refractivity contribution in [1.82, 2.24) is 10.3 Å². The van der Waals surface area contributed by atoms with Crippen molar-refractivity contribution in [3.05, 3.63) is 23.4 Å². The highest BCUT2D eigenvalue weighted by molar-refractivity contribution is 7.99. The number of nitrogens with one attached hydrogen (secondary N) is 1. The van der Waals surface area contributed by atoms with Crippen LogP contribution in [0, 0.1) is 19.8 Å². The zero-order valence-corrected chi connectivity index (χ0v) is 13.4. The summed E-state index contributed by atoms with van der Waals surface area (Å²) in [6.45, 7) is 10.0. The van der Waals surface area contributed by atoms with Gasteiger partial charge in [0.25, 0.3) is 0 Å². The molecule has 1 aromatic heterocycles. The van der Waals surface area contributed by atoms with Gasteiger partial charge in [-0.15, -0.1) is 11.8 Å². The minimum absolute atomic E-state index is 0.698.